The number of ether oxygens (including phenoxy) is 2. The average Bonchev–Trinajstić information content (AvgIpc) is 3.08. The summed E-state index contributed by atoms with van der Waals surface area (Å²) in [6, 6.07) is 8.04. The van der Waals surface area contributed by atoms with E-state index in [-0.39, 0.29) is 17.5 Å². The standard InChI is InChI=1S/C16H22O3/c1-5-18-15(17)14-10-13(14)11-6-8-12(9-7-11)19-16(2,3)4/h6-9,13-14H,5,10H2,1-4H3/t13-,14+/m1/s1. The maximum Gasteiger partial charge on any atom is 0.309 e. The second kappa shape index (κ2) is 5.24. The molecule has 0 unspecified atom stereocenters. The minimum atomic E-state index is -0.186. The fraction of sp³-hybridized carbons (Fsp3) is 0.562. The van der Waals surface area contributed by atoms with Crippen LogP contribution in [0.3, 0.4) is 0 Å². The van der Waals surface area contributed by atoms with Crippen molar-refractivity contribution < 1.29 is 14.3 Å². The zero-order valence-corrected chi connectivity index (χ0v) is 12.1. The van der Waals surface area contributed by atoms with E-state index in [4.69, 9.17) is 9.47 Å². The first-order valence-corrected chi connectivity index (χ1v) is 6.86. The molecule has 0 aliphatic heterocycles. The lowest BCUT2D eigenvalue weighted by Gasteiger charge is -2.21. The van der Waals surface area contributed by atoms with E-state index in [1.807, 2.05) is 52.0 Å². The van der Waals surface area contributed by atoms with Crippen LogP contribution in [0.25, 0.3) is 0 Å². The van der Waals surface area contributed by atoms with Gasteiger partial charge in [0, 0.05) is 0 Å². The maximum atomic E-state index is 11.6. The van der Waals surface area contributed by atoms with E-state index in [1.54, 1.807) is 0 Å². The second-order valence-corrected chi connectivity index (χ2v) is 5.98. The highest BCUT2D eigenvalue weighted by molar-refractivity contribution is 5.77. The predicted molar refractivity (Wildman–Crippen MR) is 74.3 cm³/mol. The summed E-state index contributed by atoms with van der Waals surface area (Å²) in [6.07, 6.45) is 0.901. The van der Waals surface area contributed by atoms with Crippen LogP contribution < -0.4 is 4.74 Å². The lowest BCUT2D eigenvalue weighted by molar-refractivity contribution is -0.144. The molecule has 2 rings (SSSR count). The third-order valence-electron chi connectivity index (χ3n) is 3.11. The third-order valence-corrected chi connectivity index (χ3v) is 3.11. The summed E-state index contributed by atoms with van der Waals surface area (Å²) >= 11 is 0. The molecule has 3 heteroatoms. The van der Waals surface area contributed by atoms with Crippen molar-refractivity contribution in [3.8, 4) is 5.75 Å². The van der Waals surface area contributed by atoms with Gasteiger partial charge in [0.2, 0.25) is 0 Å². The molecule has 0 aromatic heterocycles. The van der Waals surface area contributed by atoms with Gasteiger partial charge in [0.1, 0.15) is 11.4 Å². The van der Waals surface area contributed by atoms with Gasteiger partial charge in [-0.05, 0) is 57.7 Å². The van der Waals surface area contributed by atoms with E-state index in [1.165, 1.54) is 5.56 Å². The first-order valence-electron chi connectivity index (χ1n) is 6.86. The molecule has 1 saturated carbocycles. The van der Waals surface area contributed by atoms with Gasteiger partial charge >= 0.3 is 5.97 Å². The lowest BCUT2D eigenvalue weighted by atomic mass is 10.1. The number of carbonyl (C=O) groups is 1. The predicted octanol–water partition coefficient (Wildman–Crippen LogP) is 3.53. The van der Waals surface area contributed by atoms with E-state index in [0.717, 1.165) is 12.2 Å². The summed E-state index contributed by atoms with van der Waals surface area (Å²) in [5.74, 6) is 1.17. The monoisotopic (exact) mass is 262 g/mol. The molecule has 19 heavy (non-hydrogen) atoms. The summed E-state index contributed by atoms with van der Waals surface area (Å²) in [7, 11) is 0. The maximum absolute atomic E-state index is 11.6. The van der Waals surface area contributed by atoms with Crippen molar-refractivity contribution in [1.29, 1.82) is 0 Å². The number of esters is 1. The Kier molecular flexibility index (Phi) is 3.83. The van der Waals surface area contributed by atoms with Gasteiger partial charge in [-0.2, -0.15) is 0 Å². The Morgan fingerprint density at radius 2 is 1.89 bits per heavy atom. The third kappa shape index (κ3) is 3.72. The molecular formula is C16H22O3. The summed E-state index contributed by atoms with van der Waals surface area (Å²) in [5.41, 5.74) is 1.01. The van der Waals surface area contributed by atoms with Crippen molar-refractivity contribution in [2.24, 2.45) is 5.92 Å². The van der Waals surface area contributed by atoms with Gasteiger partial charge in [-0.15, -0.1) is 0 Å². The summed E-state index contributed by atoms with van der Waals surface area (Å²) < 4.78 is 10.8. The minimum absolute atomic E-state index is 0.0503. The minimum Gasteiger partial charge on any atom is -0.488 e. The molecule has 1 fully saturated rings. The number of rotatable bonds is 4. The molecule has 0 N–H and O–H groups in total. The highest BCUT2D eigenvalue weighted by Crippen LogP contribution is 2.48. The van der Waals surface area contributed by atoms with Gasteiger partial charge in [0.25, 0.3) is 0 Å². The van der Waals surface area contributed by atoms with Gasteiger partial charge in [-0.25, -0.2) is 0 Å². The Labute approximate surface area is 114 Å². The molecule has 0 heterocycles. The highest BCUT2D eigenvalue weighted by atomic mass is 16.5. The first-order chi connectivity index (χ1) is 8.90. The van der Waals surface area contributed by atoms with Crippen LogP contribution in [0.15, 0.2) is 24.3 Å². The fourth-order valence-corrected chi connectivity index (χ4v) is 2.21. The smallest absolute Gasteiger partial charge is 0.309 e. The van der Waals surface area contributed by atoms with Crippen molar-refractivity contribution in [2.45, 2.75) is 45.6 Å². The molecule has 0 spiro atoms. The van der Waals surface area contributed by atoms with Crippen molar-refractivity contribution in [3.63, 3.8) is 0 Å². The van der Waals surface area contributed by atoms with Crippen LogP contribution >= 0.6 is 0 Å². The zero-order chi connectivity index (χ0) is 14.0. The van der Waals surface area contributed by atoms with Crippen molar-refractivity contribution in [2.75, 3.05) is 6.61 Å². The molecular weight excluding hydrogens is 240 g/mol. The van der Waals surface area contributed by atoms with Gasteiger partial charge in [-0.1, -0.05) is 12.1 Å². The zero-order valence-electron chi connectivity index (χ0n) is 12.1. The van der Waals surface area contributed by atoms with E-state index >= 15 is 0 Å². The molecule has 2 atom stereocenters. The normalized spacial score (nSPS) is 21.9. The molecule has 0 amide bonds. The summed E-state index contributed by atoms with van der Waals surface area (Å²) in [4.78, 5) is 11.6. The summed E-state index contributed by atoms with van der Waals surface area (Å²) in [6.45, 7) is 8.38. The SMILES string of the molecule is CCOC(=O)[C@H]1C[C@@H]1c1ccc(OC(C)(C)C)cc1. The number of hydrogen-bond acceptors (Lipinski definition) is 3. The largest absolute Gasteiger partial charge is 0.488 e. The van der Waals surface area contributed by atoms with Crippen molar-refractivity contribution >= 4 is 5.97 Å². The first kappa shape index (κ1) is 13.9. The van der Waals surface area contributed by atoms with Gasteiger partial charge in [-0.3, -0.25) is 4.79 Å². The van der Waals surface area contributed by atoms with Gasteiger partial charge in [0.15, 0.2) is 0 Å². The average molecular weight is 262 g/mol. The van der Waals surface area contributed by atoms with Crippen LogP contribution in [0.2, 0.25) is 0 Å². The Bertz CT molecular complexity index is 442. The number of carbonyl (C=O) groups excluding carboxylic acids is 1. The van der Waals surface area contributed by atoms with Crippen LogP contribution in [0.5, 0.6) is 5.75 Å². The van der Waals surface area contributed by atoms with E-state index < -0.39 is 0 Å². The number of hydrogen-bond donors (Lipinski definition) is 0. The quantitative estimate of drug-likeness (QED) is 0.779. The topological polar surface area (TPSA) is 35.5 Å². The van der Waals surface area contributed by atoms with Gasteiger partial charge < -0.3 is 9.47 Å². The van der Waals surface area contributed by atoms with Crippen LogP contribution in [-0.2, 0) is 9.53 Å². The van der Waals surface area contributed by atoms with Crippen molar-refractivity contribution in [1.82, 2.24) is 0 Å². The van der Waals surface area contributed by atoms with Crippen LogP contribution in [0.1, 0.15) is 45.6 Å². The molecule has 0 radical (unpaired) electrons. The number of benzene rings is 1. The molecule has 1 aromatic rings. The molecule has 3 nitrogen and oxygen atoms in total. The van der Waals surface area contributed by atoms with Crippen LogP contribution in [0, 0.1) is 5.92 Å². The van der Waals surface area contributed by atoms with E-state index in [9.17, 15) is 4.79 Å². The Morgan fingerprint density at radius 3 is 2.42 bits per heavy atom. The molecule has 1 aliphatic carbocycles. The van der Waals surface area contributed by atoms with Crippen LogP contribution in [0.4, 0.5) is 0 Å². The van der Waals surface area contributed by atoms with E-state index in [0.29, 0.717) is 12.5 Å². The molecule has 1 aromatic carbocycles. The Balaban J connectivity index is 1.95. The molecule has 1 aliphatic rings. The molecule has 0 saturated heterocycles. The molecule has 104 valence electrons. The molecule has 0 bridgehead atoms. The van der Waals surface area contributed by atoms with Gasteiger partial charge in [0.05, 0.1) is 12.5 Å². The fourth-order valence-electron chi connectivity index (χ4n) is 2.21. The Morgan fingerprint density at radius 1 is 1.26 bits per heavy atom. The summed E-state index contributed by atoms with van der Waals surface area (Å²) in [5, 5.41) is 0. The Hall–Kier alpha value is -1.51. The van der Waals surface area contributed by atoms with Crippen LogP contribution in [-0.4, -0.2) is 18.2 Å². The van der Waals surface area contributed by atoms with Crippen molar-refractivity contribution in [3.05, 3.63) is 29.8 Å². The van der Waals surface area contributed by atoms with E-state index in [2.05, 4.69) is 0 Å². The second-order valence-electron chi connectivity index (χ2n) is 5.98. The lowest BCUT2D eigenvalue weighted by Crippen LogP contribution is -2.22. The highest BCUT2D eigenvalue weighted by Gasteiger charge is 2.45.